The Morgan fingerprint density at radius 3 is 2.71 bits per heavy atom. The molecule has 1 saturated heterocycles. The van der Waals surface area contributed by atoms with Gasteiger partial charge in [0.15, 0.2) is 0 Å². The van der Waals surface area contributed by atoms with Crippen LogP contribution in [0.15, 0.2) is 0 Å². The van der Waals surface area contributed by atoms with Gasteiger partial charge in [0.25, 0.3) is 0 Å². The van der Waals surface area contributed by atoms with Crippen LogP contribution in [0.5, 0.6) is 0 Å². The predicted molar refractivity (Wildman–Crippen MR) is 55.0 cm³/mol. The Kier molecular flexibility index (Phi) is 3.89. The molecule has 0 spiro atoms. The molecule has 2 unspecified atom stereocenters. The summed E-state index contributed by atoms with van der Waals surface area (Å²) in [5.74, 6) is 0.0414. The van der Waals surface area contributed by atoms with Crippen LogP contribution in [0.2, 0.25) is 0 Å². The third-order valence-electron chi connectivity index (χ3n) is 2.92. The second kappa shape index (κ2) is 4.75. The van der Waals surface area contributed by atoms with E-state index in [0.29, 0.717) is 0 Å². The van der Waals surface area contributed by atoms with Crippen LogP contribution in [-0.2, 0) is 4.79 Å². The molecule has 82 valence electrons. The number of hydrogen-bond acceptors (Lipinski definition) is 3. The Labute approximate surface area is 85.5 Å². The molecule has 1 amide bonds. The second-order valence-corrected chi connectivity index (χ2v) is 3.99. The van der Waals surface area contributed by atoms with E-state index in [9.17, 15) is 9.90 Å². The number of carbonyl (C=O) groups is 1. The van der Waals surface area contributed by atoms with E-state index >= 15 is 0 Å². The zero-order valence-corrected chi connectivity index (χ0v) is 9.23. The average Bonchev–Trinajstić information content (AvgIpc) is 2.16. The maximum absolute atomic E-state index is 11.8. The van der Waals surface area contributed by atoms with Gasteiger partial charge in [0.2, 0.25) is 5.91 Å². The Bertz CT molecular complexity index is 208. The first-order chi connectivity index (χ1) is 6.61. The molecule has 2 atom stereocenters. The quantitative estimate of drug-likeness (QED) is 0.693. The van der Waals surface area contributed by atoms with Crippen LogP contribution in [0.25, 0.3) is 0 Å². The van der Waals surface area contributed by atoms with Gasteiger partial charge in [-0.05, 0) is 19.9 Å². The molecule has 4 nitrogen and oxygen atoms in total. The minimum Gasteiger partial charge on any atom is -0.394 e. The maximum Gasteiger partial charge on any atom is 0.242 e. The lowest BCUT2D eigenvalue weighted by Crippen LogP contribution is -2.60. The number of nitrogens with zero attached hydrogens (tertiary/aromatic N) is 2. The van der Waals surface area contributed by atoms with Crippen molar-refractivity contribution in [3.05, 3.63) is 0 Å². The highest BCUT2D eigenvalue weighted by atomic mass is 16.3. The zero-order chi connectivity index (χ0) is 10.7. The van der Waals surface area contributed by atoms with E-state index in [2.05, 4.69) is 11.8 Å². The first-order valence-corrected chi connectivity index (χ1v) is 5.23. The normalized spacial score (nSPS) is 29.7. The molecule has 1 fully saturated rings. The summed E-state index contributed by atoms with van der Waals surface area (Å²) in [5.41, 5.74) is 0. The van der Waals surface area contributed by atoms with E-state index < -0.39 is 0 Å². The third kappa shape index (κ3) is 2.07. The number of hydrogen-bond donors (Lipinski definition) is 1. The monoisotopic (exact) mass is 200 g/mol. The maximum atomic E-state index is 11.8. The first kappa shape index (κ1) is 11.5. The smallest absolute Gasteiger partial charge is 0.242 e. The first-order valence-electron chi connectivity index (χ1n) is 5.23. The van der Waals surface area contributed by atoms with E-state index in [0.717, 1.165) is 19.5 Å². The number of amides is 1. The minimum atomic E-state index is -0.323. The van der Waals surface area contributed by atoms with Gasteiger partial charge < -0.3 is 10.0 Å². The van der Waals surface area contributed by atoms with Crippen LogP contribution in [0.1, 0.15) is 20.3 Å². The van der Waals surface area contributed by atoms with Crippen LogP contribution in [0.3, 0.4) is 0 Å². The summed E-state index contributed by atoms with van der Waals surface area (Å²) in [6, 6.07) is -0.0759. The lowest BCUT2D eigenvalue weighted by atomic mass is 10.1. The van der Waals surface area contributed by atoms with Gasteiger partial charge in [-0.2, -0.15) is 0 Å². The molecule has 1 aliphatic rings. The van der Waals surface area contributed by atoms with Crippen molar-refractivity contribution in [3.8, 4) is 0 Å². The summed E-state index contributed by atoms with van der Waals surface area (Å²) >= 11 is 0. The molecule has 0 aromatic rings. The summed E-state index contributed by atoms with van der Waals surface area (Å²) in [5, 5.41) is 9.17. The molecule has 0 saturated carbocycles. The van der Waals surface area contributed by atoms with Crippen molar-refractivity contribution in [1.29, 1.82) is 0 Å². The SMILES string of the molecule is CCCN1CC(C)N(C)C(=O)C1CO. The van der Waals surface area contributed by atoms with Crippen molar-refractivity contribution in [2.75, 3.05) is 26.7 Å². The van der Waals surface area contributed by atoms with Crippen molar-refractivity contribution in [1.82, 2.24) is 9.80 Å². The summed E-state index contributed by atoms with van der Waals surface area (Å²) in [4.78, 5) is 15.6. The van der Waals surface area contributed by atoms with Crippen LogP contribution in [0.4, 0.5) is 0 Å². The summed E-state index contributed by atoms with van der Waals surface area (Å²) in [7, 11) is 1.80. The van der Waals surface area contributed by atoms with Crippen LogP contribution < -0.4 is 0 Å². The molecular formula is C10H20N2O2. The van der Waals surface area contributed by atoms with Crippen molar-refractivity contribution in [2.24, 2.45) is 0 Å². The second-order valence-electron chi connectivity index (χ2n) is 3.99. The van der Waals surface area contributed by atoms with Gasteiger partial charge in [-0.15, -0.1) is 0 Å². The standard InChI is InChI=1S/C10H20N2O2/c1-4-5-12-6-8(2)11(3)10(14)9(12)7-13/h8-9,13H,4-7H2,1-3H3. The summed E-state index contributed by atoms with van der Waals surface area (Å²) < 4.78 is 0. The van der Waals surface area contributed by atoms with E-state index in [1.807, 2.05) is 6.92 Å². The molecule has 4 heteroatoms. The molecule has 1 aliphatic heterocycles. The number of rotatable bonds is 3. The van der Waals surface area contributed by atoms with Crippen LogP contribution >= 0.6 is 0 Å². The number of piperazine rings is 1. The van der Waals surface area contributed by atoms with Crippen molar-refractivity contribution >= 4 is 5.91 Å². The lowest BCUT2D eigenvalue weighted by Gasteiger charge is -2.42. The number of carbonyl (C=O) groups excluding carboxylic acids is 1. The van der Waals surface area contributed by atoms with Crippen molar-refractivity contribution in [2.45, 2.75) is 32.4 Å². The fourth-order valence-corrected chi connectivity index (χ4v) is 1.93. The van der Waals surface area contributed by atoms with Crippen LogP contribution in [-0.4, -0.2) is 59.6 Å². The van der Waals surface area contributed by atoms with Gasteiger partial charge in [0.1, 0.15) is 6.04 Å². The topological polar surface area (TPSA) is 43.8 Å². The highest BCUT2D eigenvalue weighted by molar-refractivity contribution is 5.82. The molecular weight excluding hydrogens is 180 g/mol. The van der Waals surface area contributed by atoms with Gasteiger partial charge in [-0.1, -0.05) is 6.92 Å². The van der Waals surface area contributed by atoms with Crippen molar-refractivity contribution in [3.63, 3.8) is 0 Å². The molecule has 1 rings (SSSR count). The lowest BCUT2D eigenvalue weighted by molar-refractivity contribution is -0.145. The van der Waals surface area contributed by atoms with Gasteiger partial charge >= 0.3 is 0 Å². The average molecular weight is 200 g/mol. The van der Waals surface area contributed by atoms with E-state index in [-0.39, 0.29) is 24.6 Å². The molecule has 0 radical (unpaired) electrons. The van der Waals surface area contributed by atoms with Crippen LogP contribution in [0, 0.1) is 0 Å². The Hall–Kier alpha value is -0.610. The number of likely N-dealkylation sites (N-methyl/N-ethyl adjacent to an activating group) is 1. The predicted octanol–water partition coefficient (Wildman–Crippen LogP) is -0.0802. The zero-order valence-electron chi connectivity index (χ0n) is 9.23. The Balaban J connectivity index is 2.71. The number of aliphatic hydroxyl groups excluding tert-OH is 1. The Morgan fingerprint density at radius 2 is 2.21 bits per heavy atom. The fraction of sp³-hybridized carbons (Fsp3) is 0.900. The number of aliphatic hydroxyl groups is 1. The molecule has 0 aromatic heterocycles. The molecule has 0 bridgehead atoms. The molecule has 14 heavy (non-hydrogen) atoms. The van der Waals surface area contributed by atoms with E-state index in [4.69, 9.17) is 0 Å². The van der Waals surface area contributed by atoms with Gasteiger partial charge in [0.05, 0.1) is 6.61 Å². The molecule has 1 heterocycles. The van der Waals surface area contributed by atoms with Gasteiger partial charge in [-0.25, -0.2) is 0 Å². The van der Waals surface area contributed by atoms with E-state index in [1.165, 1.54) is 0 Å². The van der Waals surface area contributed by atoms with Crippen molar-refractivity contribution < 1.29 is 9.90 Å². The summed E-state index contributed by atoms with van der Waals surface area (Å²) in [6.45, 7) is 5.79. The summed E-state index contributed by atoms with van der Waals surface area (Å²) in [6.07, 6.45) is 1.01. The highest BCUT2D eigenvalue weighted by Gasteiger charge is 2.35. The molecule has 0 aromatic carbocycles. The fourth-order valence-electron chi connectivity index (χ4n) is 1.93. The minimum absolute atomic E-state index is 0.0414. The highest BCUT2D eigenvalue weighted by Crippen LogP contribution is 2.14. The third-order valence-corrected chi connectivity index (χ3v) is 2.92. The van der Waals surface area contributed by atoms with Gasteiger partial charge in [-0.3, -0.25) is 9.69 Å². The molecule has 1 N–H and O–H groups in total. The molecule has 0 aliphatic carbocycles. The Morgan fingerprint density at radius 1 is 1.57 bits per heavy atom. The largest absolute Gasteiger partial charge is 0.394 e. The van der Waals surface area contributed by atoms with Gasteiger partial charge in [0, 0.05) is 19.6 Å². The van der Waals surface area contributed by atoms with E-state index in [1.54, 1.807) is 11.9 Å².